The van der Waals surface area contributed by atoms with E-state index in [1.165, 1.54) is 4.31 Å². The smallest absolute Gasteiger partial charge is 0.244 e. The second-order valence-corrected chi connectivity index (χ2v) is 7.02. The van der Waals surface area contributed by atoms with E-state index in [4.69, 9.17) is 5.73 Å². The Morgan fingerprint density at radius 2 is 1.95 bits per heavy atom. The van der Waals surface area contributed by atoms with Crippen LogP contribution in [0.15, 0.2) is 29.2 Å². The van der Waals surface area contributed by atoms with Gasteiger partial charge in [0.1, 0.15) is 0 Å². The van der Waals surface area contributed by atoms with Crippen LogP contribution in [0, 0.1) is 17.8 Å². The third-order valence-electron chi connectivity index (χ3n) is 2.92. The molecule has 0 saturated carbocycles. The summed E-state index contributed by atoms with van der Waals surface area (Å²) in [6, 6.07) is 6.76. The van der Waals surface area contributed by atoms with Crippen molar-refractivity contribution >= 4 is 10.0 Å². The summed E-state index contributed by atoms with van der Waals surface area (Å²) in [5.41, 5.74) is 5.84. The van der Waals surface area contributed by atoms with Crippen molar-refractivity contribution in [2.75, 3.05) is 20.1 Å². The lowest BCUT2D eigenvalue weighted by Crippen LogP contribution is -2.29. The van der Waals surface area contributed by atoms with Gasteiger partial charge in [0.2, 0.25) is 10.0 Å². The van der Waals surface area contributed by atoms with Crippen LogP contribution in [0.2, 0.25) is 0 Å². The molecule has 4 nitrogen and oxygen atoms in total. The molecule has 2 N–H and O–H groups in total. The molecule has 1 aromatic carbocycles. The van der Waals surface area contributed by atoms with Gasteiger partial charge < -0.3 is 5.73 Å². The molecule has 1 aromatic rings. The van der Waals surface area contributed by atoms with E-state index in [1.54, 1.807) is 31.3 Å². The summed E-state index contributed by atoms with van der Waals surface area (Å²) in [6.45, 7) is 4.85. The SMILES string of the molecule is CC(C)CCN(C)S(=O)(=O)c1ccccc1C#CCN. The molecule has 0 fully saturated rings. The van der Waals surface area contributed by atoms with E-state index in [1.807, 2.05) is 0 Å². The van der Waals surface area contributed by atoms with Gasteiger partial charge in [0.25, 0.3) is 0 Å². The van der Waals surface area contributed by atoms with Gasteiger partial charge in [0, 0.05) is 19.2 Å². The lowest BCUT2D eigenvalue weighted by molar-refractivity contribution is 0.428. The summed E-state index contributed by atoms with van der Waals surface area (Å²) in [6.07, 6.45) is 0.826. The summed E-state index contributed by atoms with van der Waals surface area (Å²) in [4.78, 5) is 0.243. The molecule has 20 heavy (non-hydrogen) atoms. The van der Waals surface area contributed by atoms with Crippen LogP contribution in [-0.4, -0.2) is 32.9 Å². The minimum absolute atomic E-state index is 0.206. The molecule has 0 amide bonds. The number of rotatable bonds is 5. The molecule has 0 radical (unpaired) electrons. The first-order valence-corrected chi connectivity index (χ1v) is 8.08. The molecule has 0 aromatic heterocycles. The maximum absolute atomic E-state index is 12.6. The van der Waals surface area contributed by atoms with Crippen molar-refractivity contribution in [1.29, 1.82) is 0 Å². The highest BCUT2D eigenvalue weighted by Gasteiger charge is 2.23. The molecule has 0 heterocycles. The molecule has 0 aliphatic carbocycles. The van der Waals surface area contributed by atoms with Crippen molar-refractivity contribution in [3.8, 4) is 11.8 Å². The molecule has 0 saturated heterocycles. The lowest BCUT2D eigenvalue weighted by atomic mass is 10.1. The Kier molecular flexibility index (Phi) is 6.21. The van der Waals surface area contributed by atoms with Gasteiger partial charge in [-0.15, -0.1) is 0 Å². The number of benzene rings is 1. The predicted octanol–water partition coefficient (Wildman–Crippen LogP) is 1.66. The fourth-order valence-electron chi connectivity index (χ4n) is 1.67. The zero-order chi connectivity index (χ0) is 15.2. The highest BCUT2D eigenvalue weighted by molar-refractivity contribution is 7.89. The molecule has 0 bridgehead atoms. The Labute approximate surface area is 122 Å². The summed E-state index contributed by atoms with van der Waals surface area (Å²) < 4.78 is 26.5. The van der Waals surface area contributed by atoms with Gasteiger partial charge in [-0.05, 0) is 24.5 Å². The first-order chi connectivity index (χ1) is 9.39. The Morgan fingerprint density at radius 1 is 1.30 bits per heavy atom. The van der Waals surface area contributed by atoms with Crippen molar-refractivity contribution in [3.63, 3.8) is 0 Å². The van der Waals surface area contributed by atoms with Gasteiger partial charge in [-0.3, -0.25) is 0 Å². The molecule has 0 spiro atoms. The van der Waals surface area contributed by atoms with Crippen LogP contribution in [0.1, 0.15) is 25.8 Å². The third-order valence-corrected chi connectivity index (χ3v) is 4.84. The minimum atomic E-state index is -3.51. The maximum Gasteiger partial charge on any atom is 0.244 e. The third kappa shape index (κ3) is 4.34. The lowest BCUT2D eigenvalue weighted by Gasteiger charge is -2.19. The van der Waals surface area contributed by atoms with Crippen LogP contribution in [0.25, 0.3) is 0 Å². The van der Waals surface area contributed by atoms with Crippen molar-refractivity contribution < 1.29 is 8.42 Å². The van der Waals surface area contributed by atoms with Crippen LogP contribution in [0.3, 0.4) is 0 Å². The van der Waals surface area contributed by atoms with Crippen LogP contribution >= 0.6 is 0 Å². The van der Waals surface area contributed by atoms with Crippen molar-refractivity contribution in [3.05, 3.63) is 29.8 Å². The second-order valence-electron chi connectivity index (χ2n) is 5.01. The van der Waals surface area contributed by atoms with E-state index in [2.05, 4.69) is 25.7 Å². The summed E-state index contributed by atoms with van der Waals surface area (Å²) in [5.74, 6) is 5.98. The first kappa shape index (κ1) is 16.7. The molecule has 5 heteroatoms. The average molecular weight is 294 g/mol. The Balaban J connectivity index is 3.09. The monoisotopic (exact) mass is 294 g/mol. The van der Waals surface area contributed by atoms with E-state index in [-0.39, 0.29) is 11.4 Å². The summed E-state index contributed by atoms with van der Waals surface area (Å²) in [7, 11) is -1.90. The van der Waals surface area contributed by atoms with Crippen LogP contribution in [-0.2, 0) is 10.0 Å². The number of hydrogen-bond acceptors (Lipinski definition) is 3. The van der Waals surface area contributed by atoms with Gasteiger partial charge in [0.15, 0.2) is 0 Å². The molecular weight excluding hydrogens is 272 g/mol. The van der Waals surface area contributed by atoms with Crippen LogP contribution in [0.4, 0.5) is 0 Å². The number of nitrogens with two attached hydrogens (primary N) is 1. The number of sulfonamides is 1. The largest absolute Gasteiger partial charge is 0.320 e. The summed E-state index contributed by atoms with van der Waals surface area (Å²) in [5, 5.41) is 0. The molecular formula is C15H22N2O2S. The average Bonchev–Trinajstić information content (AvgIpc) is 2.42. The van der Waals surface area contributed by atoms with Crippen molar-refractivity contribution in [1.82, 2.24) is 4.31 Å². The highest BCUT2D eigenvalue weighted by Crippen LogP contribution is 2.19. The zero-order valence-corrected chi connectivity index (χ0v) is 13.1. The van der Waals surface area contributed by atoms with E-state index >= 15 is 0 Å². The molecule has 110 valence electrons. The van der Waals surface area contributed by atoms with E-state index in [9.17, 15) is 8.42 Å². The van der Waals surface area contributed by atoms with E-state index < -0.39 is 10.0 Å². The van der Waals surface area contributed by atoms with Crippen molar-refractivity contribution in [2.45, 2.75) is 25.2 Å². The fourth-order valence-corrected chi connectivity index (χ4v) is 3.00. The number of hydrogen-bond donors (Lipinski definition) is 1. The molecule has 0 atom stereocenters. The highest BCUT2D eigenvalue weighted by atomic mass is 32.2. The Hall–Kier alpha value is -1.35. The van der Waals surface area contributed by atoms with Gasteiger partial charge in [-0.2, -0.15) is 0 Å². The maximum atomic E-state index is 12.6. The molecule has 1 rings (SSSR count). The van der Waals surface area contributed by atoms with Crippen molar-refractivity contribution in [2.24, 2.45) is 11.7 Å². The normalized spacial score (nSPS) is 11.5. The Morgan fingerprint density at radius 3 is 2.55 bits per heavy atom. The van der Waals surface area contributed by atoms with E-state index in [0.717, 1.165) is 6.42 Å². The van der Waals surface area contributed by atoms with Gasteiger partial charge in [-0.1, -0.05) is 37.8 Å². The predicted molar refractivity (Wildman–Crippen MR) is 81.6 cm³/mol. The van der Waals surface area contributed by atoms with Gasteiger partial charge >= 0.3 is 0 Å². The minimum Gasteiger partial charge on any atom is -0.320 e. The number of nitrogens with zero attached hydrogens (tertiary/aromatic N) is 1. The molecule has 0 aliphatic heterocycles. The summed E-state index contributed by atoms with van der Waals surface area (Å²) >= 11 is 0. The zero-order valence-electron chi connectivity index (χ0n) is 12.3. The van der Waals surface area contributed by atoms with Crippen LogP contribution in [0.5, 0.6) is 0 Å². The molecule has 0 unspecified atom stereocenters. The first-order valence-electron chi connectivity index (χ1n) is 6.64. The quantitative estimate of drug-likeness (QED) is 0.840. The van der Waals surface area contributed by atoms with Gasteiger partial charge in [-0.25, -0.2) is 12.7 Å². The second kappa shape index (κ2) is 7.44. The van der Waals surface area contributed by atoms with Crippen LogP contribution < -0.4 is 5.73 Å². The fraction of sp³-hybridized carbons (Fsp3) is 0.467. The van der Waals surface area contributed by atoms with Gasteiger partial charge in [0.05, 0.1) is 11.4 Å². The topological polar surface area (TPSA) is 63.4 Å². The molecule has 0 aliphatic rings. The standard InChI is InChI=1S/C15H22N2O2S/c1-13(2)10-12-17(3)20(18,19)15-9-5-4-7-14(15)8-6-11-16/h4-5,7,9,13H,10-12,16H2,1-3H3. The Bertz CT molecular complexity index is 598. The van der Waals surface area contributed by atoms with E-state index in [0.29, 0.717) is 18.0 Å².